The van der Waals surface area contributed by atoms with E-state index < -0.39 is 0 Å². The van der Waals surface area contributed by atoms with E-state index in [4.69, 9.17) is 0 Å². The standard InChI is InChI=1S/C16H24N2O/c1-10-5-6-14(12(3)9-10)13(4)18-16(19)15-11(2)7-8-17-15/h5-6,9,11,13,15,17H,7-8H2,1-4H3,(H,18,19). The van der Waals surface area contributed by atoms with Crippen molar-refractivity contribution in [3.63, 3.8) is 0 Å². The predicted octanol–water partition coefficient (Wildman–Crippen LogP) is 2.48. The third-order valence-electron chi connectivity index (χ3n) is 4.07. The molecule has 3 heteroatoms. The molecule has 0 bridgehead atoms. The molecule has 0 aromatic heterocycles. The van der Waals surface area contributed by atoms with Gasteiger partial charge in [-0.2, -0.15) is 0 Å². The highest BCUT2D eigenvalue weighted by Gasteiger charge is 2.30. The van der Waals surface area contributed by atoms with Gasteiger partial charge >= 0.3 is 0 Å². The van der Waals surface area contributed by atoms with Crippen molar-refractivity contribution < 1.29 is 4.79 Å². The molecule has 1 aromatic rings. The fourth-order valence-corrected chi connectivity index (χ4v) is 2.88. The van der Waals surface area contributed by atoms with Gasteiger partial charge in [0.2, 0.25) is 5.91 Å². The Morgan fingerprint density at radius 1 is 1.42 bits per heavy atom. The van der Waals surface area contributed by atoms with Crippen LogP contribution in [-0.4, -0.2) is 18.5 Å². The van der Waals surface area contributed by atoms with E-state index in [0.717, 1.165) is 13.0 Å². The van der Waals surface area contributed by atoms with Crippen LogP contribution in [0.3, 0.4) is 0 Å². The molecule has 0 radical (unpaired) electrons. The van der Waals surface area contributed by atoms with E-state index in [1.165, 1.54) is 16.7 Å². The van der Waals surface area contributed by atoms with Crippen molar-refractivity contribution in [1.29, 1.82) is 0 Å². The summed E-state index contributed by atoms with van der Waals surface area (Å²) in [6, 6.07) is 6.40. The molecule has 3 atom stereocenters. The summed E-state index contributed by atoms with van der Waals surface area (Å²) in [5.74, 6) is 0.545. The number of amides is 1. The molecule has 1 aliphatic heterocycles. The molecule has 3 unspecified atom stereocenters. The number of benzene rings is 1. The van der Waals surface area contributed by atoms with Crippen molar-refractivity contribution in [2.24, 2.45) is 5.92 Å². The van der Waals surface area contributed by atoms with Crippen molar-refractivity contribution >= 4 is 5.91 Å². The third-order valence-corrected chi connectivity index (χ3v) is 4.07. The Labute approximate surface area is 115 Å². The number of carbonyl (C=O) groups is 1. The fourth-order valence-electron chi connectivity index (χ4n) is 2.88. The van der Waals surface area contributed by atoms with E-state index in [2.05, 4.69) is 56.5 Å². The minimum Gasteiger partial charge on any atom is -0.348 e. The van der Waals surface area contributed by atoms with Gasteiger partial charge in [-0.05, 0) is 50.8 Å². The molecule has 1 fully saturated rings. The van der Waals surface area contributed by atoms with Gasteiger partial charge in [0.05, 0.1) is 12.1 Å². The Kier molecular flexibility index (Phi) is 4.25. The number of nitrogens with one attached hydrogen (secondary N) is 2. The Balaban J connectivity index is 2.04. The maximum absolute atomic E-state index is 12.2. The summed E-state index contributed by atoms with van der Waals surface area (Å²) in [4.78, 5) is 12.2. The monoisotopic (exact) mass is 260 g/mol. The summed E-state index contributed by atoms with van der Waals surface area (Å²) >= 11 is 0. The Bertz CT molecular complexity index is 470. The second-order valence-electron chi connectivity index (χ2n) is 5.79. The average molecular weight is 260 g/mol. The molecule has 1 aromatic carbocycles. The van der Waals surface area contributed by atoms with Crippen LogP contribution < -0.4 is 10.6 Å². The Morgan fingerprint density at radius 3 is 2.74 bits per heavy atom. The van der Waals surface area contributed by atoms with Crippen LogP contribution in [0.4, 0.5) is 0 Å². The first-order valence-electron chi connectivity index (χ1n) is 7.10. The van der Waals surface area contributed by atoms with Crippen molar-refractivity contribution in [1.82, 2.24) is 10.6 Å². The molecule has 104 valence electrons. The van der Waals surface area contributed by atoms with Gasteiger partial charge in [0.25, 0.3) is 0 Å². The number of rotatable bonds is 3. The van der Waals surface area contributed by atoms with E-state index in [-0.39, 0.29) is 18.0 Å². The normalized spacial score (nSPS) is 24.2. The first kappa shape index (κ1) is 14.1. The molecule has 1 amide bonds. The lowest BCUT2D eigenvalue weighted by Gasteiger charge is -2.21. The molecule has 2 N–H and O–H groups in total. The van der Waals surface area contributed by atoms with Gasteiger partial charge in [-0.15, -0.1) is 0 Å². The lowest BCUT2D eigenvalue weighted by molar-refractivity contribution is -0.124. The van der Waals surface area contributed by atoms with Crippen LogP contribution in [0.25, 0.3) is 0 Å². The van der Waals surface area contributed by atoms with Gasteiger partial charge in [0.15, 0.2) is 0 Å². The summed E-state index contributed by atoms with van der Waals surface area (Å²) in [5, 5.41) is 6.40. The van der Waals surface area contributed by atoms with Crippen molar-refractivity contribution in [2.45, 2.75) is 46.2 Å². The summed E-state index contributed by atoms with van der Waals surface area (Å²) in [5.41, 5.74) is 3.69. The topological polar surface area (TPSA) is 41.1 Å². The number of hydrogen-bond donors (Lipinski definition) is 2. The van der Waals surface area contributed by atoms with Crippen LogP contribution in [0.1, 0.15) is 43.0 Å². The molecule has 19 heavy (non-hydrogen) atoms. The molecule has 0 saturated carbocycles. The zero-order valence-corrected chi connectivity index (χ0v) is 12.3. The van der Waals surface area contributed by atoms with Crippen molar-refractivity contribution in [3.8, 4) is 0 Å². The minimum atomic E-state index is -0.0341. The van der Waals surface area contributed by atoms with Crippen LogP contribution in [-0.2, 0) is 4.79 Å². The maximum Gasteiger partial charge on any atom is 0.237 e. The largest absolute Gasteiger partial charge is 0.348 e. The van der Waals surface area contributed by atoms with E-state index in [9.17, 15) is 4.79 Å². The molecule has 0 aliphatic carbocycles. The highest BCUT2D eigenvalue weighted by molar-refractivity contribution is 5.82. The van der Waals surface area contributed by atoms with E-state index >= 15 is 0 Å². The van der Waals surface area contributed by atoms with Gasteiger partial charge in [-0.25, -0.2) is 0 Å². The van der Waals surface area contributed by atoms with Gasteiger partial charge in [0.1, 0.15) is 0 Å². The lowest BCUT2D eigenvalue weighted by atomic mass is 9.98. The van der Waals surface area contributed by atoms with Crippen molar-refractivity contribution in [3.05, 3.63) is 34.9 Å². The van der Waals surface area contributed by atoms with Crippen molar-refractivity contribution in [2.75, 3.05) is 6.54 Å². The zero-order chi connectivity index (χ0) is 14.0. The average Bonchev–Trinajstić information content (AvgIpc) is 2.75. The Hall–Kier alpha value is -1.35. The molecular weight excluding hydrogens is 236 g/mol. The van der Waals surface area contributed by atoms with Crippen LogP contribution in [0.2, 0.25) is 0 Å². The number of hydrogen-bond acceptors (Lipinski definition) is 2. The van der Waals surface area contributed by atoms with Crippen LogP contribution in [0, 0.1) is 19.8 Å². The van der Waals surface area contributed by atoms with Crippen LogP contribution >= 0.6 is 0 Å². The Morgan fingerprint density at radius 2 is 2.16 bits per heavy atom. The van der Waals surface area contributed by atoms with E-state index in [0.29, 0.717) is 5.92 Å². The van der Waals surface area contributed by atoms with Crippen LogP contribution in [0.5, 0.6) is 0 Å². The van der Waals surface area contributed by atoms with Gasteiger partial charge < -0.3 is 10.6 Å². The molecular formula is C16H24N2O. The highest BCUT2D eigenvalue weighted by atomic mass is 16.2. The summed E-state index contributed by atoms with van der Waals surface area (Å²) < 4.78 is 0. The quantitative estimate of drug-likeness (QED) is 0.876. The summed E-state index contributed by atoms with van der Waals surface area (Å²) in [6.45, 7) is 9.31. The zero-order valence-electron chi connectivity index (χ0n) is 12.3. The minimum absolute atomic E-state index is 0.0341. The predicted molar refractivity (Wildman–Crippen MR) is 78.0 cm³/mol. The third kappa shape index (κ3) is 3.16. The lowest BCUT2D eigenvalue weighted by Crippen LogP contribution is -2.44. The molecule has 0 spiro atoms. The van der Waals surface area contributed by atoms with Gasteiger partial charge in [-0.3, -0.25) is 4.79 Å². The second kappa shape index (κ2) is 5.74. The smallest absolute Gasteiger partial charge is 0.237 e. The SMILES string of the molecule is Cc1ccc(C(C)NC(=O)C2NCCC2C)c(C)c1. The van der Waals surface area contributed by atoms with Crippen LogP contribution in [0.15, 0.2) is 18.2 Å². The highest BCUT2D eigenvalue weighted by Crippen LogP contribution is 2.20. The molecule has 1 heterocycles. The summed E-state index contributed by atoms with van der Waals surface area (Å²) in [6.07, 6.45) is 1.08. The number of carbonyl (C=O) groups excluding carboxylic acids is 1. The molecule has 1 saturated heterocycles. The molecule has 3 nitrogen and oxygen atoms in total. The molecule has 2 rings (SSSR count). The second-order valence-corrected chi connectivity index (χ2v) is 5.79. The van der Waals surface area contributed by atoms with Gasteiger partial charge in [-0.1, -0.05) is 30.7 Å². The van der Waals surface area contributed by atoms with E-state index in [1.807, 2.05) is 0 Å². The molecule has 1 aliphatic rings. The first-order valence-corrected chi connectivity index (χ1v) is 7.10. The fraction of sp³-hybridized carbons (Fsp3) is 0.562. The van der Waals surface area contributed by atoms with E-state index in [1.54, 1.807) is 0 Å². The number of aryl methyl sites for hydroxylation is 2. The van der Waals surface area contributed by atoms with Gasteiger partial charge in [0, 0.05) is 0 Å². The first-order chi connectivity index (χ1) is 8.99. The summed E-state index contributed by atoms with van der Waals surface area (Å²) in [7, 11) is 0. The maximum atomic E-state index is 12.2.